The largest absolute Gasteiger partial charge is 0.544 e. The molecule has 3 aromatic rings. The van der Waals surface area contributed by atoms with E-state index in [-0.39, 0.29) is 27.3 Å². The number of ether oxygens (including phenoxy) is 6. The van der Waals surface area contributed by atoms with Crippen LogP contribution in [0.4, 0.5) is 0 Å². The van der Waals surface area contributed by atoms with Gasteiger partial charge >= 0.3 is 23.9 Å². The van der Waals surface area contributed by atoms with Gasteiger partial charge in [0, 0.05) is 32.9 Å². The first-order chi connectivity index (χ1) is 22.8. The molecule has 1 aliphatic rings. The summed E-state index contributed by atoms with van der Waals surface area (Å²) in [4.78, 5) is 62.4. The predicted octanol–water partition coefficient (Wildman–Crippen LogP) is 4.62. The molecule has 1 fully saturated rings. The normalized spacial score (nSPS) is 21.0. The zero-order valence-electron chi connectivity index (χ0n) is 28.7. The van der Waals surface area contributed by atoms with Crippen molar-refractivity contribution in [2.45, 2.75) is 90.4 Å². The smallest absolute Gasteiger partial charge is 0.339 e. The number of phenols is 1. The summed E-state index contributed by atoms with van der Waals surface area (Å²) < 4.78 is 44.5. The lowest BCUT2D eigenvalue weighted by molar-refractivity contribution is -0.282. The van der Waals surface area contributed by atoms with Crippen molar-refractivity contribution in [1.82, 2.24) is 0 Å². The molecule has 0 unspecified atom stereocenters. The molecule has 0 bridgehead atoms. The van der Waals surface area contributed by atoms with E-state index in [2.05, 4.69) is 33.9 Å². The molecule has 5 atom stereocenters. The van der Waals surface area contributed by atoms with Gasteiger partial charge in [-0.15, -0.1) is 0 Å². The van der Waals surface area contributed by atoms with E-state index in [0.717, 1.165) is 33.9 Å². The van der Waals surface area contributed by atoms with E-state index in [1.54, 1.807) is 24.3 Å². The molecule has 0 aliphatic carbocycles. The molecule has 0 spiro atoms. The first-order valence-corrected chi connectivity index (χ1v) is 18.2. The van der Waals surface area contributed by atoms with E-state index >= 15 is 0 Å². The first-order valence-electron chi connectivity index (χ1n) is 15.3. The van der Waals surface area contributed by atoms with Crippen molar-refractivity contribution in [3.05, 3.63) is 52.9 Å². The third kappa shape index (κ3) is 8.22. The van der Waals surface area contributed by atoms with Crippen LogP contribution in [-0.2, 0) is 42.9 Å². The Morgan fingerprint density at radius 3 is 1.96 bits per heavy atom. The van der Waals surface area contributed by atoms with E-state index in [0.29, 0.717) is 11.3 Å². The lowest BCUT2D eigenvalue weighted by Gasteiger charge is -2.43. The van der Waals surface area contributed by atoms with Gasteiger partial charge in [0.05, 0.1) is 12.7 Å². The van der Waals surface area contributed by atoms with Gasteiger partial charge in [0.15, 0.2) is 18.3 Å². The van der Waals surface area contributed by atoms with Crippen LogP contribution in [0.3, 0.4) is 0 Å². The van der Waals surface area contributed by atoms with Crippen molar-refractivity contribution in [2.75, 3.05) is 7.11 Å². The number of benzene rings is 2. The van der Waals surface area contributed by atoms with Crippen molar-refractivity contribution in [3.8, 4) is 28.4 Å². The Morgan fingerprint density at radius 1 is 0.837 bits per heavy atom. The van der Waals surface area contributed by atoms with Gasteiger partial charge in [-0.05, 0) is 35.8 Å². The number of phenolic OH excluding ortho intramolecular Hbond substituents is 1. The minimum absolute atomic E-state index is 0.00488. The molecule has 14 nitrogen and oxygen atoms in total. The van der Waals surface area contributed by atoms with Gasteiger partial charge in [-0.2, -0.15) is 0 Å². The highest BCUT2D eigenvalue weighted by Crippen LogP contribution is 2.38. The van der Waals surface area contributed by atoms with Crippen molar-refractivity contribution in [1.29, 1.82) is 0 Å². The van der Waals surface area contributed by atoms with Gasteiger partial charge in [-0.25, -0.2) is 4.79 Å². The topological polar surface area (TPSA) is 183 Å². The summed E-state index contributed by atoms with van der Waals surface area (Å²) >= 11 is 0. The Kier molecular flexibility index (Phi) is 10.8. The average Bonchev–Trinajstić information content (AvgIpc) is 2.98. The second kappa shape index (κ2) is 14.3. The van der Waals surface area contributed by atoms with Crippen LogP contribution in [0.5, 0.6) is 17.2 Å². The van der Waals surface area contributed by atoms with Gasteiger partial charge in [-0.3, -0.25) is 19.2 Å². The number of methoxy groups -OCH3 is 1. The number of esters is 4. The van der Waals surface area contributed by atoms with Crippen LogP contribution in [0, 0.1) is 0 Å². The van der Waals surface area contributed by atoms with Crippen LogP contribution in [0.1, 0.15) is 41.5 Å². The Labute approximate surface area is 283 Å². The Hall–Kier alpha value is -4.89. The summed E-state index contributed by atoms with van der Waals surface area (Å²) in [5.74, 6) is -3.57. The number of aromatic hydroxyl groups is 1. The first kappa shape index (κ1) is 36.9. The van der Waals surface area contributed by atoms with Crippen LogP contribution in [0.25, 0.3) is 22.1 Å². The molecule has 264 valence electrons. The van der Waals surface area contributed by atoms with E-state index in [1.165, 1.54) is 12.3 Å². The molecule has 1 aliphatic heterocycles. The van der Waals surface area contributed by atoms with Crippen molar-refractivity contribution < 1.29 is 61.5 Å². The number of hydrogen-bond acceptors (Lipinski definition) is 14. The number of carbonyl (C=O) groups is 4. The lowest BCUT2D eigenvalue weighted by Crippen LogP contribution is -2.64. The van der Waals surface area contributed by atoms with Gasteiger partial charge in [0.1, 0.15) is 34.5 Å². The van der Waals surface area contributed by atoms with E-state index < -0.39 is 74.1 Å². The highest BCUT2D eigenvalue weighted by Gasteiger charge is 2.56. The lowest BCUT2D eigenvalue weighted by atomic mass is 9.97. The van der Waals surface area contributed by atoms with Crippen LogP contribution < -0.4 is 14.6 Å². The molecule has 2 aromatic carbocycles. The quantitative estimate of drug-likeness (QED) is 0.185. The molecule has 0 radical (unpaired) electrons. The minimum atomic E-state index is -2.09. The minimum Gasteiger partial charge on any atom is -0.544 e. The third-order valence-electron chi connectivity index (χ3n) is 8.26. The van der Waals surface area contributed by atoms with E-state index in [4.69, 9.17) is 37.3 Å². The molecule has 2 heterocycles. The predicted molar refractivity (Wildman–Crippen MR) is 175 cm³/mol. The fourth-order valence-corrected chi connectivity index (χ4v) is 5.97. The van der Waals surface area contributed by atoms with Gasteiger partial charge in [0.25, 0.3) is 0 Å². The van der Waals surface area contributed by atoms with E-state index in [1.807, 2.05) is 0 Å². The second-order valence-corrected chi connectivity index (χ2v) is 17.7. The van der Waals surface area contributed by atoms with Crippen LogP contribution in [0.2, 0.25) is 18.1 Å². The fourth-order valence-electron chi connectivity index (χ4n) is 4.93. The summed E-state index contributed by atoms with van der Waals surface area (Å²) in [5.41, 5.74) is 0.119. The molecular formula is C34H40O14Si. The van der Waals surface area contributed by atoms with Crippen molar-refractivity contribution in [3.63, 3.8) is 0 Å². The summed E-state index contributed by atoms with van der Waals surface area (Å²) in [5, 5.41) is 10.9. The van der Waals surface area contributed by atoms with Crippen LogP contribution in [0.15, 0.2) is 51.9 Å². The monoisotopic (exact) mass is 700 g/mol. The summed E-state index contributed by atoms with van der Waals surface area (Å²) in [6.07, 6.45) is -6.89. The average molecular weight is 701 g/mol. The zero-order chi connectivity index (χ0) is 36.4. The van der Waals surface area contributed by atoms with Gasteiger partial charge in [-0.1, -0.05) is 32.9 Å². The molecule has 0 saturated carbocycles. The molecule has 1 saturated heterocycles. The van der Waals surface area contributed by atoms with Crippen molar-refractivity contribution >= 4 is 43.2 Å². The number of rotatable bonds is 9. The molecule has 0 amide bonds. The Morgan fingerprint density at radius 2 is 1.41 bits per heavy atom. The van der Waals surface area contributed by atoms with E-state index in [9.17, 15) is 29.1 Å². The number of fused-ring (bicyclic) bond motifs is 1. The number of carbonyl (C=O) groups excluding carboxylic acids is 4. The second-order valence-electron chi connectivity index (χ2n) is 13.0. The third-order valence-corrected chi connectivity index (χ3v) is 12.6. The van der Waals surface area contributed by atoms with Crippen LogP contribution in [-0.4, -0.2) is 75.1 Å². The molecular weight excluding hydrogens is 660 g/mol. The highest BCUT2D eigenvalue weighted by atomic mass is 28.4. The maximum atomic E-state index is 13.6. The molecule has 15 heteroatoms. The SMILES string of the molecule is COC(=O)[C@H]1O[C@@H](Oc2cc(O)c3c(=O)c(-c4ccc(O[Si](C)(C)C(C)(C)C)cc4)coc3c2)[C@H](OC(C)=O)[C@@H](OC(C)=O)[C@@H]1OC(C)=O. The molecule has 1 aromatic heterocycles. The van der Waals surface area contributed by atoms with Gasteiger partial charge < -0.3 is 42.4 Å². The Bertz CT molecular complexity index is 1790. The summed E-state index contributed by atoms with van der Waals surface area (Å²) in [6.45, 7) is 13.9. The standard InChI is InChI=1S/C34H40O14Si/c1-17(35)43-28-29(44-18(2)36)31(45-19(3)37)33(47-30(28)32(40)41-7)46-22-14-24(38)26-25(15-22)42-16-23(27(26)39)20-10-12-21(13-11-20)48-49(8,9)34(4,5)6/h10-16,28-31,33,38H,1-9H3/t28-,29-,30-,31+,33+/m0/s1. The van der Waals surface area contributed by atoms with Gasteiger partial charge in [0.2, 0.25) is 26.1 Å². The molecule has 1 N–H and O–H groups in total. The summed E-state index contributed by atoms with van der Waals surface area (Å²) in [7, 11) is -1.03. The summed E-state index contributed by atoms with van der Waals surface area (Å²) in [6, 6.07) is 9.37. The number of hydrogen-bond donors (Lipinski definition) is 1. The fraction of sp³-hybridized carbons (Fsp3) is 0.441. The van der Waals surface area contributed by atoms with Crippen LogP contribution >= 0.6 is 0 Å². The molecule has 4 rings (SSSR count). The highest BCUT2D eigenvalue weighted by molar-refractivity contribution is 6.74. The molecule has 49 heavy (non-hydrogen) atoms. The zero-order valence-corrected chi connectivity index (χ0v) is 29.7. The van der Waals surface area contributed by atoms with Crippen molar-refractivity contribution in [2.24, 2.45) is 0 Å². The Balaban J connectivity index is 1.69. The maximum Gasteiger partial charge on any atom is 0.339 e. The maximum absolute atomic E-state index is 13.6.